The lowest BCUT2D eigenvalue weighted by Crippen LogP contribution is -2.33. The van der Waals surface area contributed by atoms with Crippen LogP contribution in [0.3, 0.4) is 0 Å². The second-order valence-electron chi connectivity index (χ2n) is 5.38. The summed E-state index contributed by atoms with van der Waals surface area (Å²) >= 11 is 1.68. The SMILES string of the molecule is C=CCN(Cc1cccs1)C(=O)CC(C)(C)C. The fraction of sp³-hybridized carbons (Fsp3) is 0.500. The van der Waals surface area contributed by atoms with Crippen LogP contribution in [0.5, 0.6) is 0 Å². The molecule has 3 heteroatoms. The molecule has 1 aromatic rings. The summed E-state index contributed by atoms with van der Waals surface area (Å²) < 4.78 is 0. The predicted molar refractivity (Wildman–Crippen MR) is 74.0 cm³/mol. The van der Waals surface area contributed by atoms with Crippen LogP contribution in [-0.2, 0) is 11.3 Å². The molecule has 0 aliphatic carbocycles. The Bertz CT molecular complexity index is 362. The first-order valence-electron chi connectivity index (χ1n) is 5.83. The highest BCUT2D eigenvalue weighted by molar-refractivity contribution is 7.09. The summed E-state index contributed by atoms with van der Waals surface area (Å²) in [5, 5.41) is 2.04. The predicted octanol–water partition coefficient (Wildman–Crippen LogP) is 3.70. The molecule has 0 atom stereocenters. The average molecular weight is 251 g/mol. The van der Waals surface area contributed by atoms with E-state index in [1.165, 1.54) is 4.88 Å². The molecular weight excluding hydrogens is 230 g/mol. The third-order valence-corrected chi connectivity index (χ3v) is 3.17. The summed E-state index contributed by atoms with van der Waals surface area (Å²) in [4.78, 5) is 15.2. The van der Waals surface area contributed by atoms with Crippen molar-refractivity contribution in [3.8, 4) is 0 Å². The molecule has 0 saturated heterocycles. The van der Waals surface area contributed by atoms with E-state index < -0.39 is 0 Å². The highest BCUT2D eigenvalue weighted by atomic mass is 32.1. The Kier molecular flexibility index (Phi) is 4.94. The van der Waals surface area contributed by atoms with Crippen molar-refractivity contribution in [2.75, 3.05) is 6.54 Å². The normalized spacial score (nSPS) is 11.2. The lowest BCUT2D eigenvalue weighted by molar-refractivity contribution is -0.133. The van der Waals surface area contributed by atoms with Gasteiger partial charge in [0.1, 0.15) is 0 Å². The Balaban J connectivity index is 2.65. The zero-order chi connectivity index (χ0) is 12.9. The van der Waals surface area contributed by atoms with E-state index in [1.54, 1.807) is 17.4 Å². The number of carbonyl (C=O) groups is 1. The van der Waals surface area contributed by atoms with Crippen molar-refractivity contribution < 1.29 is 4.79 Å². The topological polar surface area (TPSA) is 20.3 Å². The Morgan fingerprint density at radius 2 is 2.24 bits per heavy atom. The summed E-state index contributed by atoms with van der Waals surface area (Å²) in [6.07, 6.45) is 2.36. The van der Waals surface area contributed by atoms with Gasteiger partial charge in [-0.25, -0.2) is 0 Å². The number of amides is 1. The maximum absolute atomic E-state index is 12.2. The molecule has 0 aromatic carbocycles. The van der Waals surface area contributed by atoms with E-state index in [9.17, 15) is 4.79 Å². The van der Waals surface area contributed by atoms with E-state index in [-0.39, 0.29) is 11.3 Å². The van der Waals surface area contributed by atoms with Crippen LogP contribution in [0.1, 0.15) is 32.1 Å². The molecular formula is C14H21NOS. The molecule has 0 saturated carbocycles. The molecule has 0 N–H and O–H groups in total. The largest absolute Gasteiger partial charge is 0.334 e. The van der Waals surface area contributed by atoms with Gasteiger partial charge in [0.05, 0.1) is 6.54 Å². The van der Waals surface area contributed by atoms with E-state index >= 15 is 0 Å². The van der Waals surface area contributed by atoms with E-state index in [4.69, 9.17) is 0 Å². The Morgan fingerprint density at radius 1 is 1.53 bits per heavy atom. The van der Waals surface area contributed by atoms with Gasteiger partial charge in [0.2, 0.25) is 5.91 Å². The van der Waals surface area contributed by atoms with Gasteiger partial charge in [-0.15, -0.1) is 17.9 Å². The fourth-order valence-corrected chi connectivity index (χ4v) is 2.29. The van der Waals surface area contributed by atoms with Crippen molar-refractivity contribution in [1.29, 1.82) is 0 Å². The summed E-state index contributed by atoms with van der Waals surface area (Å²) in [7, 11) is 0. The fourth-order valence-electron chi connectivity index (χ4n) is 1.57. The van der Waals surface area contributed by atoms with Crippen molar-refractivity contribution in [3.63, 3.8) is 0 Å². The minimum Gasteiger partial charge on any atom is -0.334 e. The van der Waals surface area contributed by atoms with Gasteiger partial charge in [-0.05, 0) is 16.9 Å². The Morgan fingerprint density at radius 3 is 2.71 bits per heavy atom. The molecule has 0 aliphatic rings. The van der Waals surface area contributed by atoms with E-state index in [2.05, 4.69) is 33.4 Å². The minimum absolute atomic E-state index is 0.0337. The maximum atomic E-state index is 12.2. The minimum atomic E-state index is 0.0337. The number of nitrogens with zero attached hydrogens (tertiary/aromatic N) is 1. The van der Waals surface area contributed by atoms with E-state index in [1.807, 2.05) is 16.3 Å². The Hall–Kier alpha value is -1.09. The zero-order valence-electron chi connectivity index (χ0n) is 10.9. The molecule has 0 bridgehead atoms. The van der Waals surface area contributed by atoms with Crippen molar-refractivity contribution in [3.05, 3.63) is 35.0 Å². The molecule has 1 rings (SSSR count). The zero-order valence-corrected chi connectivity index (χ0v) is 11.7. The summed E-state index contributed by atoms with van der Waals surface area (Å²) in [6.45, 7) is 11.3. The summed E-state index contributed by atoms with van der Waals surface area (Å²) in [6, 6.07) is 4.07. The number of carbonyl (C=O) groups excluding carboxylic acids is 1. The molecule has 0 fully saturated rings. The third-order valence-electron chi connectivity index (χ3n) is 2.31. The highest BCUT2D eigenvalue weighted by Crippen LogP contribution is 2.21. The van der Waals surface area contributed by atoms with Gasteiger partial charge in [-0.3, -0.25) is 4.79 Å². The number of thiophene rings is 1. The van der Waals surface area contributed by atoms with Crippen molar-refractivity contribution >= 4 is 17.2 Å². The van der Waals surface area contributed by atoms with Crippen LogP contribution in [0.4, 0.5) is 0 Å². The average Bonchev–Trinajstić information content (AvgIpc) is 2.67. The van der Waals surface area contributed by atoms with E-state index in [0.717, 1.165) is 0 Å². The van der Waals surface area contributed by atoms with Gasteiger partial charge in [0, 0.05) is 17.8 Å². The smallest absolute Gasteiger partial charge is 0.223 e. The first-order chi connectivity index (χ1) is 7.92. The van der Waals surface area contributed by atoms with Gasteiger partial charge >= 0.3 is 0 Å². The molecule has 94 valence electrons. The first-order valence-corrected chi connectivity index (χ1v) is 6.71. The lowest BCUT2D eigenvalue weighted by Gasteiger charge is -2.25. The first kappa shape index (κ1) is 14.0. The summed E-state index contributed by atoms with van der Waals surface area (Å²) in [5.41, 5.74) is 0.0337. The van der Waals surface area contributed by atoms with Crippen LogP contribution >= 0.6 is 11.3 Å². The molecule has 2 nitrogen and oxygen atoms in total. The molecule has 0 aliphatic heterocycles. The van der Waals surface area contributed by atoms with Gasteiger partial charge in [0.25, 0.3) is 0 Å². The lowest BCUT2D eigenvalue weighted by atomic mass is 9.91. The number of hydrogen-bond acceptors (Lipinski definition) is 2. The second-order valence-corrected chi connectivity index (χ2v) is 6.41. The molecule has 1 aromatic heterocycles. The van der Waals surface area contributed by atoms with Gasteiger partial charge in [-0.2, -0.15) is 0 Å². The standard InChI is InChI=1S/C14H21NOS/c1-5-8-15(11-12-7-6-9-17-12)13(16)10-14(2,3)4/h5-7,9H,1,8,10-11H2,2-4H3. The molecule has 1 amide bonds. The van der Waals surface area contributed by atoms with E-state index in [0.29, 0.717) is 19.5 Å². The third kappa shape index (κ3) is 5.18. The molecule has 1 heterocycles. The van der Waals surface area contributed by atoms with Crippen LogP contribution in [-0.4, -0.2) is 17.4 Å². The summed E-state index contributed by atoms with van der Waals surface area (Å²) in [5.74, 6) is 0.200. The molecule has 0 spiro atoms. The van der Waals surface area contributed by atoms with Crippen molar-refractivity contribution in [2.45, 2.75) is 33.7 Å². The number of rotatable bonds is 5. The van der Waals surface area contributed by atoms with Crippen LogP contribution in [0.2, 0.25) is 0 Å². The molecule has 0 unspecified atom stereocenters. The molecule has 17 heavy (non-hydrogen) atoms. The molecule has 0 radical (unpaired) electrons. The van der Waals surface area contributed by atoms with Crippen LogP contribution < -0.4 is 0 Å². The highest BCUT2D eigenvalue weighted by Gasteiger charge is 2.20. The van der Waals surface area contributed by atoms with Crippen molar-refractivity contribution in [1.82, 2.24) is 4.90 Å². The van der Waals surface area contributed by atoms with Crippen LogP contribution in [0.25, 0.3) is 0 Å². The Labute approximate surface area is 108 Å². The van der Waals surface area contributed by atoms with Crippen molar-refractivity contribution in [2.24, 2.45) is 5.41 Å². The van der Waals surface area contributed by atoms with Gasteiger partial charge < -0.3 is 4.90 Å². The van der Waals surface area contributed by atoms with Gasteiger partial charge in [0.15, 0.2) is 0 Å². The second kappa shape index (κ2) is 6.01. The van der Waals surface area contributed by atoms with Gasteiger partial charge in [-0.1, -0.05) is 32.9 Å². The maximum Gasteiger partial charge on any atom is 0.223 e. The quantitative estimate of drug-likeness (QED) is 0.731. The van der Waals surface area contributed by atoms with Crippen LogP contribution in [0.15, 0.2) is 30.2 Å². The van der Waals surface area contributed by atoms with Crippen LogP contribution in [0, 0.1) is 5.41 Å². The monoisotopic (exact) mass is 251 g/mol. The number of hydrogen-bond donors (Lipinski definition) is 0.